The Bertz CT molecular complexity index is 455. The van der Waals surface area contributed by atoms with Crippen LogP contribution in [0.3, 0.4) is 0 Å². The molecule has 0 aliphatic rings. The van der Waals surface area contributed by atoms with Gasteiger partial charge in [-0.25, -0.2) is 0 Å². The van der Waals surface area contributed by atoms with Crippen molar-refractivity contribution in [2.24, 2.45) is 0 Å². The minimum Gasteiger partial charge on any atom is -0.297 e. The zero-order chi connectivity index (χ0) is 14.6. The van der Waals surface area contributed by atoms with Gasteiger partial charge in [-0.2, -0.15) is 0 Å². The Labute approximate surface area is 129 Å². The molecule has 19 heavy (non-hydrogen) atoms. The van der Waals surface area contributed by atoms with E-state index in [4.69, 9.17) is 11.6 Å². The van der Waals surface area contributed by atoms with Crippen LogP contribution in [0.5, 0.6) is 0 Å². The van der Waals surface area contributed by atoms with Crippen molar-refractivity contribution in [3.63, 3.8) is 0 Å². The number of nitrogens with zero attached hydrogens (tertiary/aromatic N) is 1. The Hall–Kier alpha value is -0.380. The first-order valence-corrected chi connectivity index (χ1v) is 7.72. The topological polar surface area (TPSA) is 20.3 Å². The van der Waals surface area contributed by atoms with Crippen molar-refractivity contribution in [1.82, 2.24) is 4.90 Å². The standard InChI is InChI=1S/C15H21BrClNO/c1-5-18(6-2)15(3,4)14(19)9-11-7-8-12(16)10-13(11)17/h7-8,10H,5-6,9H2,1-4H3. The Morgan fingerprint density at radius 1 is 1.32 bits per heavy atom. The molecular formula is C15H21BrClNO. The van der Waals surface area contributed by atoms with Crippen LogP contribution in [0.25, 0.3) is 0 Å². The van der Waals surface area contributed by atoms with E-state index in [-0.39, 0.29) is 5.78 Å². The molecule has 1 rings (SSSR count). The molecule has 0 heterocycles. The number of Topliss-reactive ketones (excluding diaryl/α,β-unsaturated/α-hetero) is 1. The zero-order valence-corrected chi connectivity index (χ0v) is 14.3. The van der Waals surface area contributed by atoms with Gasteiger partial charge in [0.25, 0.3) is 0 Å². The number of likely N-dealkylation sites (N-methyl/N-ethyl adjacent to an activating group) is 1. The Morgan fingerprint density at radius 2 is 1.89 bits per heavy atom. The van der Waals surface area contributed by atoms with E-state index in [9.17, 15) is 4.79 Å². The predicted octanol–water partition coefficient (Wildman–Crippen LogP) is 4.33. The highest BCUT2D eigenvalue weighted by Crippen LogP contribution is 2.24. The van der Waals surface area contributed by atoms with E-state index in [0.29, 0.717) is 11.4 Å². The molecule has 0 bridgehead atoms. The number of rotatable bonds is 6. The van der Waals surface area contributed by atoms with Gasteiger partial charge >= 0.3 is 0 Å². The normalized spacial score (nSPS) is 11.9. The number of carbonyl (C=O) groups excluding carboxylic acids is 1. The van der Waals surface area contributed by atoms with Crippen molar-refractivity contribution in [1.29, 1.82) is 0 Å². The third kappa shape index (κ3) is 4.04. The molecule has 2 nitrogen and oxygen atoms in total. The molecule has 0 aliphatic heterocycles. The van der Waals surface area contributed by atoms with E-state index in [1.807, 2.05) is 32.0 Å². The Kier molecular flexibility index (Phi) is 6.03. The van der Waals surface area contributed by atoms with Gasteiger partial charge in [-0.15, -0.1) is 0 Å². The number of hydrogen-bond acceptors (Lipinski definition) is 2. The van der Waals surface area contributed by atoms with Crippen LogP contribution < -0.4 is 0 Å². The van der Waals surface area contributed by atoms with E-state index in [0.717, 1.165) is 23.1 Å². The molecule has 106 valence electrons. The average molecular weight is 347 g/mol. The maximum Gasteiger partial charge on any atom is 0.156 e. The molecule has 0 unspecified atom stereocenters. The predicted molar refractivity (Wildman–Crippen MR) is 84.9 cm³/mol. The molecule has 0 N–H and O–H groups in total. The molecule has 0 saturated heterocycles. The van der Waals surface area contributed by atoms with E-state index in [1.165, 1.54) is 0 Å². The van der Waals surface area contributed by atoms with Crippen LogP contribution in [-0.4, -0.2) is 29.3 Å². The van der Waals surface area contributed by atoms with Crippen molar-refractivity contribution in [3.8, 4) is 0 Å². The molecule has 0 amide bonds. The van der Waals surface area contributed by atoms with Crippen LogP contribution in [0.2, 0.25) is 5.02 Å². The third-order valence-electron chi connectivity index (χ3n) is 3.60. The van der Waals surface area contributed by atoms with Gasteiger partial charge < -0.3 is 0 Å². The second kappa shape index (κ2) is 6.87. The molecular weight excluding hydrogens is 326 g/mol. The van der Waals surface area contributed by atoms with E-state index < -0.39 is 5.54 Å². The van der Waals surface area contributed by atoms with Gasteiger partial charge in [-0.05, 0) is 44.6 Å². The monoisotopic (exact) mass is 345 g/mol. The largest absolute Gasteiger partial charge is 0.297 e. The highest BCUT2D eigenvalue weighted by molar-refractivity contribution is 9.10. The molecule has 4 heteroatoms. The number of halogens is 2. The third-order valence-corrected chi connectivity index (χ3v) is 4.45. The molecule has 0 spiro atoms. The fourth-order valence-electron chi connectivity index (χ4n) is 2.24. The minimum atomic E-state index is -0.458. The lowest BCUT2D eigenvalue weighted by Crippen LogP contribution is -2.50. The van der Waals surface area contributed by atoms with E-state index >= 15 is 0 Å². The summed E-state index contributed by atoms with van der Waals surface area (Å²) in [6.07, 6.45) is 0.371. The first-order valence-electron chi connectivity index (χ1n) is 6.55. The quantitative estimate of drug-likeness (QED) is 0.764. The van der Waals surface area contributed by atoms with Gasteiger partial charge in [-0.1, -0.05) is 47.4 Å². The van der Waals surface area contributed by atoms with Gasteiger partial charge in [0, 0.05) is 15.9 Å². The molecule has 0 radical (unpaired) electrons. The second-order valence-corrected chi connectivity index (χ2v) is 6.39. The minimum absolute atomic E-state index is 0.195. The first kappa shape index (κ1) is 16.7. The number of ketones is 1. The van der Waals surface area contributed by atoms with Crippen molar-refractivity contribution in [2.75, 3.05) is 13.1 Å². The highest BCUT2D eigenvalue weighted by Gasteiger charge is 2.32. The molecule has 0 atom stereocenters. The maximum absolute atomic E-state index is 12.5. The van der Waals surface area contributed by atoms with E-state index in [2.05, 4.69) is 34.7 Å². The number of hydrogen-bond donors (Lipinski definition) is 0. The summed E-state index contributed by atoms with van der Waals surface area (Å²) in [5.74, 6) is 0.195. The van der Waals surface area contributed by atoms with Crippen LogP contribution >= 0.6 is 27.5 Å². The molecule has 0 aromatic heterocycles. The van der Waals surface area contributed by atoms with Crippen LogP contribution in [-0.2, 0) is 11.2 Å². The lowest BCUT2D eigenvalue weighted by Gasteiger charge is -2.36. The smallest absolute Gasteiger partial charge is 0.156 e. The van der Waals surface area contributed by atoms with Crippen LogP contribution in [0, 0.1) is 0 Å². The lowest BCUT2D eigenvalue weighted by molar-refractivity contribution is -0.128. The summed E-state index contributed by atoms with van der Waals surface area (Å²) in [6.45, 7) is 9.84. The molecule has 0 fully saturated rings. The van der Waals surface area contributed by atoms with Crippen molar-refractivity contribution >= 4 is 33.3 Å². The number of carbonyl (C=O) groups is 1. The van der Waals surface area contributed by atoms with Crippen molar-refractivity contribution in [2.45, 2.75) is 39.7 Å². The van der Waals surface area contributed by atoms with Gasteiger partial charge in [-0.3, -0.25) is 9.69 Å². The van der Waals surface area contributed by atoms with Crippen molar-refractivity contribution < 1.29 is 4.79 Å². The van der Waals surface area contributed by atoms with Crippen molar-refractivity contribution in [3.05, 3.63) is 33.3 Å². The van der Waals surface area contributed by atoms with Crippen LogP contribution in [0.4, 0.5) is 0 Å². The lowest BCUT2D eigenvalue weighted by atomic mass is 9.91. The molecule has 1 aromatic rings. The SMILES string of the molecule is CCN(CC)C(C)(C)C(=O)Cc1ccc(Br)cc1Cl. The van der Waals surface area contributed by atoms with Crippen LogP contribution in [0.15, 0.2) is 22.7 Å². The van der Waals surface area contributed by atoms with Crippen LogP contribution in [0.1, 0.15) is 33.3 Å². The Morgan fingerprint density at radius 3 is 2.37 bits per heavy atom. The summed E-state index contributed by atoms with van der Waals surface area (Å²) in [5.41, 5.74) is 0.426. The number of benzene rings is 1. The molecule has 0 saturated carbocycles. The Balaban J connectivity index is 2.89. The summed E-state index contributed by atoms with van der Waals surface area (Å²) in [6, 6.07) is 5.65. The fourth-order valence-corrected chi connectivity index (χ4v) is 2.99. The second-order valence-electron chi connectivity index (χ2n) is 5.07. The van der Waals surface area contributed by atoms with Gasteiger partial charge in [0.1, 0.15) is 0 Å². The highest BCUT2D eigenvalue weighted by atomic mass is 79.9. The molecule has 0 aliphatic carbocycles. The average Bonchev–Trinajstić information content (AvgIpc) is 2.33. The summed E-state index contributed by atoms with van der Waals surface area (Å²) < 4.78 is 0.928. The fraction of sp³-hybridized carbons (Fsp3) is 0.533. The molecule has 1 aromatic carbocycles. The van der Waals surface area contributed by atoms with E-state index in [1.54, 1.807) is 0 Å². The van der Waals surface area contributed by atoms with Gasteiger partial charge in [0.15, 0.2) is 5.78 Å². The summed E-state index contributed by atoms with van der Waals surface area (Å²) in [4.78, 5) is 14.7. The first-order chi connectivity index (χ1) is 8.82. The van der Waals surface area contributed by atoms with Gasteiger partial charge in [0.2, 0.25) is 0 Å². The summed E-state index contributed by atoms with van der Waals surface area (Å²) in [5, 5.41) is 0.637. The summed E-state index contributed by atoms with van der Waals surface area (Å²) in [7, 11) is 0. The summed E-state index contributed by atoms with van der Waals surface area (Å²) >= 11 is 9.55. The van der Waals surface area contributed by atoms with Gasteiger partial charge in [0.05, 0.1) is 5.54 Å². The zero-order valence-electron chi connectivity index (χ0n) is 12.0. The maximum atomic E-state index is 12.5.